The molecule has 3 aromatic rings. The summed E-state index contributed by atoms with van der Waals surface area (Å²) in [5, 5.41) is 4.49. The summed E-state index contributed by atoms with van der Waals surface area (Å²) in [5.74, 6) is 0.510. The van der Waals surface area contributed by atoms with Crippen LogP contribution in [0.25, 0.3) is 22.6 Å². The van der Waals surface area contributed by atoms with Crippen molar-refractivity contribution in [3.8, 4) is 11.5 Å². The summed E-state index contributed by atoms with van der Waals surface area (Å²) in [5.41, 5.74) is 2.14. The van der Waals surface area contributed by atoms with Gasteiger partial charge in [-0.1, -0.05) is 17.7 Å². The van der Waals surface area contributed by atoms with Gasteiger partial charge in [0, 0.05) is 13.2 Å². The van der Waals surface area contributed by atoms with Crippen molar-refractivity contribution in [2.24, 2.45) is 7.05 Å². The van der Waals surface area contributed by atoms with Crippen LogP contribution in [0.2, 0.25) is 5.15 Å². The molecule has 0 saturated heterocycles. The van der Waals surface area contributed by atoms with Crippen molar-refractivity contribution < 1.29 is 0 Å². The number of halogens is 1. The normalized spacial score (nSPS) is 10.9. The van der Waals surface area contributed by atoms with Crippen LogP contribution in [0.3, 0.4) is 0 Å². The predicted molar refractivity (Wildman–Crippen MR) is 64.5 cm³/mol. The lowest BCUT2D eigenvalue weighted by molar-refractivity contribution is 0.795. The molecule has 84 valence electrons. The molecule has 3 rings (SSSR count). The van der Waals surface area contributed by atoms with Crippen LogP contribution in [-0.4, -0.2) is 24.7 Å². The van der Waals surface area contributed by atoms with Crippen molar-refractivity contribution in [2.45, 2.75) is 0 Å². The van der Waals surface area contributed by atoms with E-state index in [-0.39, 0.29) is 0 Å². The third-order valence-electron chi connectivity index (χ3n) is 2.44. The summed E-state index contributed by atoms with van der Waals surface area (Å²) >= 11 is 6.12. The number of rotatable bonds is 1. The van der Waals surface area contributed by atoms with Gasteiger partial charge in [-0.3, -0.25) is 9.67 Å². The fourth-order valence-electron chi connectivity index (χ4n) is 1.64. The third kappa shape index (κ3) is 1.64. The molecule has 0 atom stereocenters. The van der Waals surface area contributed by atoms with Crippen molar-refractivity contribution in [2.75, 3.05) is 0 Å². The molecule has 0 aliphatic heterocycles. The van der Waals surface area contributed by atoms with Gasteiger partial charge in [-0.05, 0) is 12.1 Å². The lowest BCUT2D eigenvalue weighted by Crippen LogP contribution is -1.95. The van der Waals surface area contributed by atoms with Crippen LogP contribution >= 0.6 is 11.6 Å². The van der Waals surface area contributed by atoms with Crippen molar-refractivity contribution in [3.05, 3.63) is 35.7 Å². The highest BCUT2D eigenvalue weighted by atomic mass is 35.5. The number of hydrogen-bond acceptors (Lipinski definition) is 4. The molecule has 0 aliphatic carbocycles. The first-order valence-corrected chi connectivity index (χ1v) is 5.40. The quantitative estimate of drug-likeness (QED) is 0.616. The molecule has 6 heteroatoms. The lowest BCUT2D eigenvalue weighted by atomic mass is 10.3. The van der Waals surface area contributed by atoms with Crippen LogP contribution in [0, 0.1) is 0 Å². The largest absolute Gasteiger partial charge is 0.263 e. The molecular formula is C11H8ClN5. The van der Waals surface area contributed by atoms with Gasteiger partial charge in [0.05, 0.1) is 6.20 Å². The summed E-state index contributed by atoms with van der Waals surface area (Å²) in [6, 6.07) is 5.56. The maximum Gasteiger partial charge on any atom is 0.180 e. The highest BCUT2D eigenvalue weighted by Gasteiger charge is 2.11. The minimum Gasteiger partial charge on any atom is -0.263 e. The minimum absolute atomic E-state index is 0.385. The molecule has 0 aliphatic rings. The molecule has 0 unspecified atom stereocenters. The topological polar surface area (TPSA) is 56.5 Å². The Morgan fingerprint density at radius 3 is 2.88 bits per heavy atom. The number of aromatic nitrogens is 5. The second-order valence-electron chi connectivity index (χ2n) is 3.56. The highest BCUT2D eigenvalue weighted by molar-refractivity contribution is 6.33. The maximum atomic E-state index is 6.12. The molecule has 17 heavy (non-hydrogen) atoms. The van der Waals surface area contributed by atoms with E-state index in [1.807, 2.05) is 18.2 Å². The molecule has 0 aromatic carbocycles. The molecule has 3 aromatic heterocycles. The molecule has 0 saturated carbocycles. The van der Waals surface area contributed by atoms with Gasteiger partial charge in [0.1, 0.15) is 16.7 Å². The van der Waals surface area contributed by atoms with E-state index in [1.54, 1.807) is 24.1 Å². The zero-order chi connectivity index (χ0) is 11.8. The summed E-state index contributed by atoms with van der Waals surface area (Å²) in [6.45, 7) is 0. The van der Waals surface area contributed by atoms with E-state index in [4.69, 9.17) is 11.6 Å². The SMILES string of the molecule is Cn1ncc2nc(-c3ccccn3)nc(Cl)c21. The Bertz CT molecular complexity index is 677. The van der Waals surface area contributed by atoms with E-state index in [9.17, 15) is 0 Å². The summed E-state index contributed by atoms with van der Waals surface area (Å²) in [7, 11) is 1.80. The zero-order valence-electron chi connectivity index (χ0n) is 9.00. The van der Waals surface area contributed by atoms with E-state index < -0.39 is 0 Å². The van der Waals surface area contributed by atoms with Crippen LogP contribution in [0.4, 0.5) is 0 Å². The number of aryl methyl sites for hydroxylation is 1. The molecule has 5 nitrogen and oxygen atoms in total. The standard InChI is InChI=1S/C11H8ClN5/c1-17-9-8(6-14-17)15-11(16-10(9)12)7-4-2-3-5-13-7/h2-6H,1H3. The monoisotopic (exact) mass is 245 g/mol. The van der Waals surface area contributed by atoms with Gasteiger partial charge in [-0.25, -0.2) is 9.97 Å². The van der Waals surface area contributed by atoms with Crippen molar-refractivity contribution >= 4 is 22.6 Å². The zero-order valence-corrected chi connectivity index (χ0v) is 9.76. The Hall–Kier alpha value is -2.01. The van der Waals surface area contributed by atoms with Gasteiger partial charge >= 0.3 is 0 Å². The van der Waals surface area contributed by atoms with E-state index in [0.717, 1.165) is 5.52 Å². The average Bonchev–Trinajstić information content (AvgIpc) is 2.73. The van der Waals surface area contributed by atoms with E-state index in [2.05, 4.69) is 20.1 Å². The summed E-state index contributed by atoms with van der Waals surface area (Å²) in [4.78, 5) is 12.8. The molecule has 0 amide bonds. The van der Waals surface area contributed by atoms with Crippen LogP contribution < -0.4 is 0 Å². The molecule has 3 heterocycles. The van der Waals surface area contributed by atoms with E-state index >= 15 is 0 Å². The number of fused-ring (bicyclic) bond motifs is 1. The second-order valence-corrected chi connectivity index (χ2v) is 3.91. The Balaban J connectivity index is 2.26. The van der Waals surface area contributed by atoms with Gasteiger partial charge in [-0.2, -0.15) is 5.10 Å². The van der Waals surface area contributed by atoms with Gasteiger partial charge in [0.25, 0.3) is 0 Å². The third-order valence-corrected chi connectivity index (χ3v) is 2.70. The first-order valence-electron chi connectivity index (χ1n) is 5.02. The van der Waals surface area contributed by atoms with Crippen molar-refractivity contribution in [3.63, 3.8) is 0 Å². The predicted octanol–water partition coefficient (Wildman–Crippen LogP) is 2.08. The average molecular weight is 246 g/mol. The molecule has 0 spiro atoms. The maximum absolute atomic E-state index is 6.12. The number of nitrogens with zero attached hydrogens (tertiary/aromatic N) is 5. The Morgan fingerprint density at radius 2 is 2.12 bits per heavy atom. The summed E-state index contributed by atoms with van der Waals surface area (Å²) in [6.07, 6.45) is 3.36. The van der Waals surface area contributed by atoms with E-state index in [1.165, 1.54) is 0 Å². The minimum atomic E-state index is 0.385. The fraction of sp³-hybridized carbons (Fsp3) is 0.0909. The lowest BCUT2D eigenvalue weighted by Gasteiger charge is -2.01. The molecule has 0 fully saturated rings. The molecule has 0 N–H and O–H groups in total. The highest BCUT2D eigenvalue weighted by Crippen LogP contribution is 2.22. The van der Waals surface area contributed by atoms with E-state index in [0.29, 0.717) is 22.2 Å². The molecule has 0 radical (unpaired) electrons. The van der Waals surface area contributed by atoms with Crippen LogP contribution in [-0.2, 0) is 7.05 Å². The van der Waals surface area contributed by atoms with Gasteiger partial charge in [0.2, 0.25) is 0 Å². The van der Waals surface area contributed by atoms with Crippen LogP contribution in [0.1, 0.15) is 0 Å². The van der Waals surface area contributed by atoms with Crippen LogP contribution in [0.5, 0.6) is 0 Å². The first-order chi connectivity index (χ1) is 8.25. The second kappa shape index (κ2) is 3.78. The van der Waals surface area contributed by atoms with Gasteiger partial charge in [-0.15, -0.1) is 0 Å². The number of pyridine rings is 1. The first kappa shape index (κ1) is 10.2. The Labute approximate surface area is 102 Å². The number of hydrogen-bond donors (Lipinski definition) is 0. The van der Waals surface area contributed by atoms with Crippen molar-refractivity contribution in [1.29, 1.82) is 0 Å². The molecule has 0 bridgehead atoms. The van der Waals surface area contributed by atoms with Gasteiger partial charge in [0.15, 0.2) is 11.0 Å². The van der Waals surface area contributed by atoms with Gasteiger partial charge < -0.3 is 0 Å². The smallest absolute Gasteiger partial charge is 0.180 e. The van der Waals surface area contributed by atoms with Crippen LogP contribution in [0.15, 0.2) is 30.6 Å². The Kier molecular flexibility index (Phi) is 2.26. The summed E-state index contributed by atoms with van der Waals surface area (Å²) < 4.78 is 1.65. The van der Waals surface area contributed by atoms with Crippen molar-refractivity contribution in [1.82, 2.24) is 24.7 Å². The fourth-order valence-corrected chi connectivity index (χ4v) is 1.94. The molecular weight excluding hydrogens is 238 g/mol. The Morgan fingerprint density at radius 1 is 1.24 bits per heavy atom.